The van der Waals surface area contributed by atoms with Crippen LogP contribution in [-0.4, -0.2) is 23.5 Å². The minimum absolute atomic E-state index is 0.159. The van der Waals surface area contributed by atoms with Crippen LogP contribution in [-0.2, 0) is 0 Å². The van der Waals surface area contributed by atoms with Gasteiger partial charge in [0.25, 0.3) is 0 Å². The summed E-state index contributed by atoms with van der Waals surface area (Å²) in [7, 11) is 0. The van der Waals surface area contributed by atoms with Crippen LogP contribution in [0.1, 0.15) is 65.2 Å². The Balaban J connectivity index is 2.75. The van der Waals surface area contributed by atoms with Crippen molar-refractivity contribution in [3.63, 3.8) is 0 Å². The lowest BCUT2D eigenvalue weighted by molar-refractivity contribution is 0.121. The third-order valence-corrected chi connectivity index (χ3v) is 3.75. The van der Waals surface area contributed by atoms with Crippen molar-refractivity contribution in [2.45, 2.75) is 70.8 Å². The first-order valence-corrected chi connectivity index (χ1v) is 6.95. The standard InChI is InChI=1S/C14H26N2/c1-3-9-14(13-15,10-4-2)16-11-7-5-6-8-12-16/h3-12H2,1-2H3. The van der Waals surface area contributed by atoms with Gasteiger partial charge in [0.15, 0.2) is 0 Å². The summed E-state index contributed by atoms with van der Waals surface area (Å²) >= 11 is 0. The van der Waals surface area contributed by atoms with Gasteiger partial charge in [-0.25, -0.2) is 0 Å². The zero-order chi connectivity index (χ0) is 11.9. The average Bonchev–Trinajstić information content (AvgIpc) is 2.57. The summed E-state index contributed by atoms with van der Waals surface area (Å²) in [6, 6.07) is 2.64. The van der Waals surface area contributed by atoms with Crippen molar-refractivity contribution in [2.24, 2.45) is 0 Å². The summed E-state index contributed by atoms with van der Waals surface area (Å²) in [5.41, 5.74) is -0.159. The fraction of sp³-hybridized carbons (Fsp3) is 0.929. The number of nitrogens with zero attached hydrogens (tertiary/aromatic N) is 2. The van der Waals surface area contributed by atoms with Gasteiger partial charge in [-0.15, -0.1) is 0 Å². The molecule has 0 radical (unpaired) electrons. The van der Waals surface area contributed by atoms with E-state index in [0.717, 1.165) is 38.8 Å². The molecule has 1 aliphatic heterocycles. The average molecular weight is 222 g/mol. The van der Waals surface area contributed by atoms with E-state index in [2.05, 4.69) is 24.8 Å². The van der Waals surface area contributed by atoms with E-state index in [-0.39, 0.29) is 5.54 Å². The van der Waals surface area contributed by atoms with Gasteiger partial charge in [0.2, 0.25) is 0 Å². The molecule has 1 fully saturated rings. The molecule has 0 atom stereocenters. The van der Waals surface area contributed by atoms with Gasteiger partial charge in [-0.3, -0.25) is 4.90 Å². The molecule has 0 unspecified atom stereocenters. The number of nitriles is 1. The van der Waals surface area contributed by atoms with Crippen LogP contribution in [0.3, 0.4) is 0 Å². The molecule has 1 heterocycles. The molecule has 2 nitrogen and oxygen atoms in total. The molecular formula is C14H26N2. The molecule has 0 aliphatic carbocycles. The zero-order valence-electron chi connectivity index (χ0n) is 11.0. The van der Waals surface area contributed by atoms with Crippen molar-refractivity contribution < 1.29 is 0 Å². The number of hydrogen-bond donors (Lipinski definition) is 0. The zero-order valence-corrected chi connectivity index (χ0v) is 11.0. The highest BCUT2D eigenvalue weighted by atomic mass is 15.2. The highest BCUT2D eigenvalue weighted by molar-refractivity contribution is 5.08. The molecule has 2 heteroatoms. The largest absolute Gasteiger partial charge is 0.286 e. The van der Waals surface area contributed by atoms with Gasteiger partial charge in [-0.2, -0.15) is 5.26 Å². The molecule has 0 spiro atoms. The van der Waals surface area contributed by atoms with Gasteiger partial charge in [-0.1, -0.05) is 39.5 Å². The Bertz CT molecular complexity index is 215. The van der Waals surface area contributed by atoms with E-state index in [0.29, 0.717) is 0 Å². The van der Waals surface area contributed by atoms with E-state index in [4.69, 9.17) is 0 Å². The van der Waals surface area contributed by atoms with Crippen molar-refractivity contribution in [1.82, 2.24) is 4.90 Å². The molecule has 0 saturated carbocycles. The first-order valence-electron chi connectivity index (χ1n) is 6.95. The Morgan fingerprint density at radius 1 is 1.00 bits per heavy atom. The molecule has 1 saturated heterocycles. The molecule has 0 amide bonds. The Morgan fingerprint density at radius 2 is 1.50 bits per heavy atom. The third-order valence-electron chi connectivity index (χ3n) is 3.75. The molecule has 16 heavy (non-hydrogen) atoms. The van der Waals surface area contributed by atoms with Gasteiger partial charge < -0.3 is 0 Å². The minimum atomic E-state index is -0.159. The van der Waals surface area contributed by atoms with Crippen molar-refractivity contribution in [1.29, 1.82) is 5.26 Å². The van der Waals surface area contributed by atoms with Crippen LogP contribution in [0.15, 0.2) is 0 Å². The smallest absolute Gasteiger partial charge is 0.109 e. The monoisotopic (exact) mass is 222 g/mol. The van der Waals surface area contributed by atoms with Crippen molar-refractivity contribution >= 4 is 0 Å². The fourth-order valence-corrected chi connectivity index (χ4v) is 2.95. The van der Waals surface area contributed by atoms with Gasteiger partial charge in [0.1, 0.15) is 5.54 Å². The van der Waals surface area contributed by atoms with Crippen molar-refractivity contribution in [2.75, 3.05) is 13.1 Å². The van der Waals surface area contributed by atoms with Crippen molar-refractivity contribution in [3.8, 4) is 6.07 Å². The molecular weight excluding hydrogens is 196 g/mol. The highest BCUT2D eigenvalue weighted by Crippen LogP contribution is 2.29. The quantitative estimate of drug-likeness (QED) is 0.709. The summed E-state index contributed by atoms with van der Waals surface area (Å²) in [6.07, 6.45) is 9.54. The van der Waals surface area contributed by atoms with Gasteiger partial charge >= 0.3 is 0 Å². The van der Waals surface area contributed by atoms with Crippen molar-refractivity contribution in [3.05, 3.63) is 0 Å². The molecule has 0 aromatic rings. The maximum atomic E-state index is 9.59. The van der Waals surface area contributed by atoms with Gasteiger partial charge in [0, 0.05) is 0 Å². The molecule has 0 N–H and O–H groups in total. The summed E-state index contributed by atoms with van der Waals surface area (Å²) < 4.78 is 0. The lowest BCUT2D eigenvalue weighted by Crippen LogP contribution is -2.48. The van der Waals surface area contributed by atoms with Crippen LogP contribution in [0.25, 0.3) is 0 Å². The Labute approximate surface area is 101 Å². The summed E-state index contributed by atoms with van der Waals surface area (Å²) in [5, 5.41) is 9.59. The molecule has 92 valence electrons. The van der Waals surface area contributed by atoms with Crippen LogP contribution in [0.5, 0.6) is 0 Å². The SMILES string of the molecule is CCCC(C#N)(CCC)N1CCCCCC1. The second kappa shape index (κ2) is 6.91. The molecule has 0 bridgehead atoms. The second-order valence-electron chi connectivity index (χ2n) is 5.04. The van der Waals surface area contributed by atoms with Gasteiger partial charge in [0.05, 0.1) is 6.07 Å². The van der Waals surface area contributed by atoms with Crippen LogP contribution in [0.2, 0.25) is 0 Å². The number of likely N-dealkylation sites (tertiary alicyclic amines) is 1. The summed E-state index contributed by atoms with van der Waals surface area (Å²) in [5.74, 6) is 0. The van der Waals surface area contributed by atoms with E-state index in [1.54, 1.807) is 0 Å². The number of hydrogen-bond acceptors (Lipinski definition) is 2. The van der Waals surface area contributed by atoms with E-state index >= 15 is 0 Å². The first-order chi connectivity index (χ1) is 7.79. The van der Waals surface area contributed by atoms with E-state index in [1.165, 1.54) is 25.7 Å². The summed E-state index contributed by atoms with van der Waals surface area (Å²) in [4.78, 5) is 2.48. The lowest BCUT2D eigenvalue weighted by atomic mass is 9.88. The number of rotatable bonds is 5. The molecule has 0 aromatic carbocycles. The maximum absolute atomic E-state index is 9.59. The molecule has 1 aliphatic rings. The fourth-order valence-electron chi connectivity index (χ4n) is 2.95. The Kier molecular flexibility index (Phi) is 5.84. The second-order valence-corrected chi connectivity index (χ2v) is 5.04. The van der Waals surface area contributed by atoms with E-state index in [1.807, 2.05) is 0 Å². The van der Waals surface area contributed by atoms with Gasteiger partial charge in [-0.05, 0) is 38.8 Å². The Morgan fingerprint density at radius 3 is 1.88 bits per heavy atom. The van der Waals surface area contributed by atoms with Crippen LogP contribution < -0.4 is 0 Å². The topological polar surface area (TPSA) is 27.0 Å². The van der Waals surface area contributed by atoms with Crippen LogP contribution >= 0.6 is 0 Å². The summed E-state index contributed by atoms with van der Waals surface area (Å²) in [6.45, 7) is 6.65. The molecule has 0 aromatic heterocycles. The Hall–Kier alpha value is -0.550. The maximum Gasteiger partial charge on any atom is 0.109 e. The molecule has 1 rings (SSSR count). The normalized spacial score (nSPS) is 19.1. The van der Waals surface area contributed by atoms with Crippen LogP contribution in [0.4, 0.5) is 0 Å². The first kappa shape index (κ1) is 13.5. The third kappa shape index (κ3) is 3.22. The van der Waals surface area contributed by atoms with E-state index in [9.17, 15) is 5.26 Å². The predicted molar refractivity (Wildman–Crippen MR) is 68.2 cm³/mol. The minimum Gasteiger partial charge on any atom is -0.286 e. The van der Waals surface area contributed by atoms with E-state index < -0.39 is 0 Å². The predicted octanol–water partition coefficient (Wildman–Crippen LogP) is 3.72. The lowest BCUT2D eigenvalue weighted by Gasteiger charge is -2.38. The highest BCUT2D eigenvalue weighted by Gasteiger charge is 2.35. The van der Waals surface area contributed by atoms with Crippen LogP contribution in [0, 0.1) is 11.3 Å².